The van der Waals surface area contributed by atoms with Gasteiger partial charge in [-0.3, -0.25) is 0 Å². The number of guanidine groups is 1. The molecular weight excluding hydrogens is 358 g/mol. The van der Waals surface area contributed by atoms with Gasteiger partial charge in [-0.15, -0.1) is 0 Å². The fraction of sp³-hybridized carbons (Fsp3) is 0.235. The zero-order chi connectivity index (χ0) is 15.8. The summed E-state index contributed by atoms with van der Waals surface area (Å²) in [6.45, 7) is 0.276. The molecule has 0 bridgehead atoms. The Morgan fingerprint density at radius 1 is 1.04 bits per heavy atom. The van der Waals surface area contributed by atoms with Gasteiger partial charge in [-0.1, -0.05) is 34.1 Å². The molecule has 2 unspecified atom stereocenters. The van der Waals surface area contributed by atoms with E-state index >= 15 is 0 Å². The molecule has 0 aliphatic carbocycles. The number of nitrogens with one attached hydrogen (secondary N) is 1. The maximum atomic E-state index is 6.01. The summed E-state index contributed by atoms with van der Waals surface area (Å²) in [5, 5.41) is 3.26. The van der Waals surface area contributed by atoms with Crippen LogP contribution in [0.15, 0.2) is 51.9 Å². The third kappa shape index (κ3) is 2.86. The number of hydrogen-bond donors (Lipinski definition) is 2. The molecule has 5 nitrogen and oxygen atoms in total. The maximum Gasteiger partial charge on any atom is 0.231 e. The van der Waals surface area contributed by atoms with Crippen molar-refractivity contribution in [2.45, 2.75) is 18.5 Å². The number of fused-ring (bicyclic) bond motifs is 1. The number of nitrogens with two attached hydrogens (primary N) is 1. The van der Waals surface area contributed by atoms with Crippen LogP contribution in [-0.2, 0) is 0 Å². The number of rotatable bonds is 2. The highest BCUT2D eigenvalue weighted by molar-refractivity contribution is 9.10. The largest absolute Gasteiger partial charge is 0.454 e. The molecule has 23 heavy (non-hydrogen) atoms. The van der Waals surface area contributed by atoms with Crippen molar-refractivity contribution in [3.63, 3.8) is 0 Å². The lowest BCUT2D eigenvalue weighted by Crippen LogP contribution is -2.39. The number of halogens is 1. The van der Waals surface area contributed by atoms with Gasteiger partial charge in [0.1, 0.15) is 0 Å². The first-order valence-corrected chi connectivity index (χ1v) is 8.23. The highest BCUT2D eigenvalue weighted by Gasteiger charge is 2.26. The molecule has 3 N–H and O–H groups in total. The number of nitrogens with zero attached hydrogens (tertiary/aromatic N) is 1. The van der Waals surface area contributed by atoms with Crippen molar-refractivity contribution in [3.8, 4) is 11.5 Å². The lowest BCUT2D eigenvalue weighted by molar-refractivity contribution is 0.174. The standard InChI is InChI=1S/C17H16BrN3O2/c18-12-4-1-10(2-5-12)13-8-14(21-17(19)20-13)11-3-6-15-16(7-11)23-9-22-15/h1-7,13-14H,8-9H2,(H3,19,20,21). The minimum absolute atomic E-state index is 0.000559. The number of benzene rings is 2. The van der Waals surface area contributed by atoms with E-state index in [1.807, 2.05) is 30.3 Å². The van der Waals surface area contributed by atoms with Crippen molar-refractivity contribution < 1.29 is 9.47 Å². The Balaban J connectivity index is 1.61. The Kier molecular flexibility index (Phi) is 3.61. The van der Waals surface area contributed by atoms with Gasteiger partial charge in [-0.2, -0.15) is 0 Å². The van der Waals surface area contributed by atoms with Crippen LogP contribution >= 0.6 is 15.9 Å². The third-order valence-electron chi connectivity index (χ3n) is 4.13. The van der Waals surface area contributed by atoms with Gasteiger partial charge in [0, 0.05) is 4.47 Å². The molecule has 4 rings (SSSR count). The number of aliphatic imine (C=N–C) groups is 1. The molecule has 0 aromatic heterocycles. The Morgan fingerprint density at radius 3 is 2.61 bits per heavy atom. The molecule has 0 spiro atoms. The molecule has 2 atom stereocenters. The first-order valence-electron chi connectivity index (χ1n) is 7.44. The lowest BCUT2D eigenvalue weighted by atomic mass is 9.94. The van der Waals surface area contributed by atoms with E-state index in [-0.39, 0.29) is 18.9 Å². The first kappa shape index (κ1) is 14.4. The molecule has 2 aromatic rings. The zero-order valence-corrected chi connectivity index (χ0v) is 13.9. The average Bonchev–Trinajstić information content (AvgIpc) is 3.02. The normalized spacial score (nSPS) is 22.4. The van der Waals surface area contributed by atoms with Crippen LogP contribution in [0.25, 0.3) is 0 Å². The SMILES string of the molecule is NC1=NC(c2ccc3c(c2)OCO3)CC(c2ccc(Br)cc2)N1. The minimum Gasteiger partial charge on any atom is -0.454 e. The molecule has 2 aliphatic heterocycles. The molecule has 0 saturated heterocycles. The van der Waals surface area contributed by atoms with Crippen molar-refractivity contribution in [2.24, 2.45) is 10.7 Å². The molecule has 0 amide bonds. The second kappa shape index (κ2) is 5.77. The van der Waals surface area contributed by atoms with Gasteiger partial charge in [0.05, 0.1) is 12.1 Å². The van der Waals surface area contributed by atoms with Gasteiger partial charge >= 0.3 is 0 Å². The van der Waals surface area contributed by atoms with Gasteiger partial charge in [0.2, 0.25) is 6.79 Å². The van der Waals surface area contributed by atoms with Crippen LogP contribution < -0.4 is 20.5 Å². The van der Waals surface area contributed by atoms with E-state index < -0.39 is 0 Å². The molecule has 2 aliphatic rings. The Hall–Kier alpha value is -2.21. The molecule has 6 heteroatoms. The summed E-state index contributed by atoms with van der Waals surface area (Å²) in [6, 6.07) is 14.3. The summed E-state index contributed by atoms with van der Waals surface area (Å²) >= 11 is 3.46. The van der Waals surface area contributed by atoms with Crippen LogP contribution in [0.1, 0.15) is 29.6 Å². The van der Waals surface area contributed by atoms with Gasteiger partial charge < -0.3 is 20.5 Å². The second-order valence-corrected chi connectivity index (χ2v) is 6.54. The number of hydrogen-bond acceptors (Lipinski definition) is 5. The summed E-state index contributed by atoms with van der Waals surface area (Å²) in [5.41, 5.74) is 8.28. The third-order valence-corrected chi connectivity index (χ3v) is 4.66. The maximum absolute atomic E-state index is 6.01. The van der Waals surface area contributed by atoms with Crippen LogP contribution in [0.3, 0.4) is 0 Å². The van der Waals surface area contributed by atoms with Gasteiger partial charge in [-0.25, -0.2) is 4.99 Å². The fourth-order valence-corrected chi connectivity index (χ4v) is 3.23. The molecule has 2 aromatic carbocycles. The monoisotopic (exact) mass is 373 g/mol. The van der Waals surface area contributed by atoms with Crippen LogP contribution in [0.5, 0.6) is 11.5 Å². The topological polar surface area (TPSA) is 68.9 Å². The average molecular weight is 374 g/mol. The van der Waals surface area contributed by atoms with E-state index in [0.29, 0.717) is 5.96 Å². The van der Waals surface area contributed by atoms with Crippen molar-refractivity contribution >= 4 is 21.9 Å². The van der Waals surface area contributed by atoms with E-state index in [0.717, 1.165) is 28.0 Å². The molecule has 2 heterocycles. The van der Waals surface area contributed by atoms with Gasteiger partial charge in [0.15, 0.2) is 17.5 Å². The highest BCUT2D eigenvalue weighted by atomic mass is 79.9. The fourth-order valence-electron chi connectivity index (χ4n) is 2.96. The van der Waals surface area contributed by atoms with E-state index in [2.05, 4.69) is 38.4 Å². The smallest absolute Gasteiger partial charge is 0.231 e. The van der Waals surface area contributed by atoms with Crippen molar-refractivity contribution in [1.82, 2.24) is 5.32 Å². The summed E-state index contributed by atoms with van der Waals surface area (Å²) in [5.74, 6) is 2.02. The van der Waals surface area contributed by atoms with Crippen LogP contribution in [0.4, 0.5) is 0 Å². The molecule has 118 valence electrons. The lowest BCUT2D eigenvalue weighted by Gasteiger charge is -2.29. The Bertz CT molecular complexity index is 761. The van der Waals surface area contributed by atoms with Crippen LogP contribution in [0.2, 0.25) is 0 Å². The predicted molar refractivity (Wildman–Crippen MR) is 91.6 cm³/mol. The first-order chi connectivity index (χ1) is 11.2. The summed E-state index contributed by atoms with van der Waals surface area (Å²) in [6.07, 6.45) is 0.835. The number of ether oxygens (including phenoxy) is 2. The van der Waals surface area contributed by atoms with Gasteiger partial charge in [0.25, 0.3) is 0 Å². The van der Waals surface area contributed by atoms with Crippen molar-refractivity contribution in [2.75, 3.05) is 6.79 Å². The summed E-state index contributed by atoms with van der Waals surface area (Å²) < 4.78 is 11.9. The second-order valence-electron chi connectivity index (χ2n) is 5.63. The van der Waals surface area contributed by atoms with E-state index in [1.54, 1.807) is 0 Å². The molecule has 0 saturated carbocycles. The van der Waals surface area contributed by atoms with E-state index in [9.17, 15) is 0 Å². The Morgan fingerprint density at radius 2 is 1.78 bits per heavy atom. The van der Waals surface area contributed by atoms with E-state index in [4.69, 9.17) is 15.2 Å². The minimum atomic E-state index is -0.000559. The summed E-state index contributed by atoms with van der Waals surface area (Å²) in [7, 11) is 0. The van der Waals surface area contributed by atoms with Crippen LogP contribution in [0, 0.1) is 0 Å². The van der Waals surface area contributed by atoms with E-state index in [1.165, 1.54) is 5.56 Å². The van der Waals surface area contributed by atoms with Crippen LogP contribution in [-0.4, -0.2) is 12.8 Å². The Labute approximate surface area is 142 Å². The quantitative estimate of drug-likeness (QED) is 0.847. The van der Waals surface area contributed by atoms with Gasteiger partial charge in [-0.05, 0) is 41.8 Å². The molecule has 0 fully saturated rings. The summed E-state index contributed by atoms with van der Waals surface area (Å²) in [4.78, 5) is 4.55. The zero-order valence-electron chi connectivity index (χ0n) is 12.3. The van der Waals surface area contributed by atoms with Crippen molar-refractivity contribution in [1.29, 1.82) is 0 Å². The molecular formula is C17H16BrN3O2. The molecule has 0 radical (unpaired) electrons. The predicted octanol–water partition coefficient (Wildman–Crippen LogP) is 3.27. The van der Waals surface area contributed by atoms with Crippen molar-refractivity contribution in [3.05, 3.63) is 58.1 Å². The highest BCUT2D eigenvalue weighted by Crippen LogP contribution is 2.38.